The largest absolute Gasteiger partial charge is 0.306 e. The first-order valence-corrected chi connectivity index (χ1v) is 6.50. The molecule has 0 spiro atoms. The van der Waals surface area contributed by atoms with Crippen LogP contribution in [0.25, 0.3) is 0 Å². The zero-order chi connectivity index (χ0) is 13.0. The van der Waals surface area contributed by atoms with Crippen molar-refractivity contribution in [2.24, 2.45) is 0 Å². The van der Waals surface area contributed by atoms with E-state index < -0.39 is 0 Å². The summed E-state index contributed by atoms with van der Waals surface area (Å²) in [6.07, 6.45) is 3.58. The predicted octanol–water partition coefficient (Wildman–Crippen LogP) is 4.24. The van der Waals surface area contributed by atoms with Crippen molar-refractivity contribution in [2.75, 3.05) is 0 Å². The Morgan fingerprint density at radius 3 is 2.33 bits per heavy atom. The minimum absolute atomic E-state index is 0.223. The quantitative estimate of drug-likeness (QED) is 0.906. The predicted molar refractivity (Wildman–Crippen MR) is 76.0 cm³/mol. The Hall–Kier alpha value is -1.09. The molecular formula is C14H14Cl2N2. The molecule has 1 aromatic heterocycles. The molecule has 1 atom stereocenters. The molecule has 0 aliphatic rings. The number of halogens is 2. The number of aromatic nitrogens is 1. The molecule has 1 aromatic carbocycles. The van der Waals surface area contributed by atoms with Gasteiger partial charge in [-0.25, -0.2) is 0 Å². The maximum atomic E-state index is 6.12. The van der Waals surface area contributed by atoms with Crippen molar-refractivity contribution >= 4 is 23.2 Å². The van der Waals surface area contributed by atoms with Gasteiger partial charge in [0, 0.05) is 40.6 Å². The molecule has 0 radical (unpaired) electrons. The highest BCUT2D eigenvalue weighted by Crippen LogP contribution is 2.24. The van der Waals surface area contributed by atoms with Crippen LogP contribution >= 0.6 is 23.2 Å². The minimum atomic E-state index is 0.223. The van der Waals surface area contributed by atoms with E-state index in [-0.39, 0.29) is 6.04 Å². The van der Waals surface area contributed by atoms with Gasteiger partial charge >= 0.3 is 0 Å². The molecule has 94 valence electrons. The number of nitrogens with one attached hydrogen (secondary N) is 1. The molecule has 1 heterocycles. The molecule has 0 aliphatic carbocycles. The van der Waals surface area contributed by atoms with Crippen molar-refractivity contribution in [1.82, 2.24) is 10.3 Å². The van der Waals surface area contributed by atoms with Crippen molar-refractivity contribution < 1.29 is 0 Å². The SMILES string of the molecule is C[C@@H](NCc1c(Cl)cccc1Cl)c1ccncc1. The van der Waals surface area contributed by atoms with Crippen LogP contribution in [0.2, 0.25) is 10.0 Å². The van der Waals surface area contributed by atoms with Crippen LogP contribution < -0.4 is 5.32 Å². The second kappa shape index (κ2) is 6.19. The van der Waals surface area contributed by atoms with Crippen LogP contribution in [0.15, 0.2) is 42.7 Å². The van der Waals surface area contributed by atoms with E-state index in [0.29, 0.717) is 16.6 Å². The maximum absolute atomic E-state index is 6.12. The standard InChI is InChI=1S/C14H14Cl2N2/c1-10(11-5-7-17-8-6-11)18-9-12-13(15)3-2-4-14(12)16/h2-8,10,18H,9H2,1H3/t10-/m1/s1. The first-order valence-electron chi connectivity index (χ1n) is 5.74. The average molecular weight is 281 g/mol. The first kappa shape index (κ1) is 13.3. The Labute approximate surface area is 117 Å². The summed E-state index contributed by atoms with van der Waals surface area (Å²) in [4.78, 5) is 4.00. The topological polar surface area (TPSA) is 24.9 Å². The fourth-order valence-electron chi connectivity index (χ4n) is 1.73. The Morgan fingerprint density at radius 2 is 1.72 bits per heavy atom. The van der Waals surface area contributed by atoms with Gasteiger partial charge in [0.2, 0.25) is 0 Å². The first-order chi connectivity index (χ1) is 8.68. The fraction of sp³-hybridized carbons (Fsp3) is 0.214. The third-order valence-corrected chi connectivity index (χ3v) is 3.56. The zero-order valence-electron chi connectivity index (χ0n) is 10.0. The summed E-state index contributed by atoms with van der Waals surface area (Å²) in [7, 11) is 0. The van der Waals surface area contributed by atoms with Crippen molar-refractivity contribution in [3.63, 3.8) is 0 Å². The lowest BCUT2D eigenvalue weighted by Crippen LogP contribution is -2.18. The highest BCUT2D eigenvalue weighted by Gasteiger charge is 2.08. The maximum Gasteiger partial charge on any atom is 0.0465 e. The Balaban J connectivity index is 2.04. The lowest BCUT2D eigenvalue weighted by atomic mass is 10.1. The number of nitrogens with zero attached hydrogens (tertiary/aromatic N) is 1. The van der Waals surface area contributed by atoms with E-state index in [1.165, 1.54) is 5.56 Å². The average Bonchev–Trinajstić information content (AvgIpc) is 2.39. The van der Waals surface area contributed by atoms with Gasteiger partial charge in [0.05, 0.1) is 0 Å². The second-order valence-electron chi connectivity index (χ2n) is 4.08. The highest BCUT2D eigenvalue weighted by molar-refractivity contribution is 6.35. The van der Waals surface area contributed by atoms with Crippen LogP contribution in [0.4, 0.5) is 0 Å². The summed E-state index contributed by atoms with van der Waals surface area (Å²) in [6, 6.07) is 9.75. The van der Waals surface area contributed by atoms with Crippen molar-refractivity contribution in [1.29, 1.82) is 0 Å². The highest BCUT2D eigenvalue weighted by atomic mass is 35.5. The molecule has 0 saturated carbocycles. The Bertz CT molecular complexity index is 494. The molecule has 0 amide bonds. The van der Waals surface area contributed by atoms with Crippen molar-refractivity contribution in [2.45, 2.75) is 19.5 Å². The number of rotatable bonds is 4. The lowest BCUT2D eigenvalue weighted by Gasteiger charge is -2.15. The number of benzene rings is 1. The summed E-state index contributed by atoms with van der Waals surface area (Å²) in [5, 5.41) is 4.78. The van der Waals surface area contributed by atoms with Gasteiger partial charge < -0.3 is 5.32 Å². The van der Waals surface area contributed by atoms with E-state index in [2.05, 4.69) is 17.2 Å². The van der Waals surface area contributed by atoms with Gasteiger partial charge in [0.1, 0.15) is 0 Å². The summed E-state index contributed by atoms with van der Waals surface area (Å²) in [5.41, 5.74) is 2.12. The van der Waals surface area contributed by atoms with Crippen LogP contribution in [0.5, 0.6) is 0 Å². The van der Waals surface area contributed by atoms with Crippen LogP contribution in [0.3, 0.4) is 0 Å². The van der Waals surface area contributed by atoms with Crippen LogP contribution in [-0.4, -0.2) is 4.98 Å². The minimum Gasteiger partial charge on any atom is -0.306 e. The summed E-state index contributed by atoms with van der Waals surface area (Å²) in [6.45, 7) is 2.74. The summed E-state index contributed by atoms with van der Waals surface area (Å²) < 4.78 is 0. The van der Waals surface area contributed by atoms with Crippen molar-refractivity contribution in [3.8, 4) is 0 Å². The van der Waals surface area contributed by atoms with E-state index in [1.807, 2.05) is 30.3 Å². The molecule has 0 bridgehead atoms. The molecule has 0 saturated heterocycles. The molecule has 4 heteroatoms. The number of hydrogen-bond donors (Lipinski definition) is 1. The molecule has 0 aliphatic heterocycles. The second-order valence-corrected chi connectivity index (χ2v) is 4.90. The molecule has 2 aromatic rings. The van der Waals surface area contributed by atoms with Gasteiger partial charge in [0.25, 0.3) is 0 Å². The normalized spacial score (nSPS) is 12.4. The van der Waals surface area contributed by atoms with Gasteiger partial charge in [-0.1, -0.05) is 29.3 Å². The number of hydrogen-bond acceptors (Lipinski definition) is 2. The van der Waals surface area contributed by atoms with Gasteiger partial charge in [-0.2, -0.15) is 0 Å². The van der Waals surface area contributed by atoms with Gasteiger partial charge in [-0.3, -0.25) is 4.98 Å². The summed E-state index contributed by atoms with van der Waals surface area (Å²) in [5.74, 6) is 0. The zero-order valence-corrected chi connectivity index (χ0v) is 11.5. The van der Waals surface area contributed by atoms with Crippen molar-refractivity contribution in [3.05, 3.63) is 63.9 Å². The monoisotopic (exact) mass is 280 g/mol. The van der Waals surface area contributed by atoms with E-state index in [0.717, 1.165) is 5.56 Å². The van der Waals surface area contributed by atoms with Crippen LogP contribution in [0.1, 0.15) is 24.1 Å². The molecule has 0 unspecified atom stereocenters. The molecular weight excluding hydrogens is 267 g/mol. The van der Waals surface area contributed by atoms with E-state index in [9.17, 15) is 0 Å². The van der Waals surface area contributed by atoms with Gasteiger partial charge in [0.15, 0.2) is 0 Å². The van der Waals surface area contributed by atoms with Crippen LogP contribution in [-0.2, 0) is 6.54 Å². The molecule has 1 N–H and O–H groups in total. The van der Waals surface area contributed by atoms with E-state index in [4.69, 9.17) is 23.2 Å². The smallest absolute Gasteiger partial charge is 0.0465 e. The van der Waals surface area contributed by atoms with Gasteiger partial charge in [-0.15, -0.1) is 0 Å². The summed E-state index contributed by atoms with van der Waals surface area (Å²) >= 11 is 12.2. The van der Waals surface area contributed by atoms with E-state index in [1.54, 1.807) is 12.4 Å². The lowest BCUT2D eigenvalue weighted by molar-refractivity contribution is 0.574. The molecule has 18 heavy (non-hydrogen) atoms. The number of pyridine rings is 1. The Kier molecular flexibility index (Phi) is 4.59. The van der Waals surface area contributed by atoms with E-state index >= 15 is 0 Å². The third-order valence-electron chi connectivity index (χ3n) is 2.85. The third kappa shape index (κ3) is 3.22. The van der Waals surface area contributed by atoms with Crippen LogP contribution in [0, 0.1) is 0 Å². The molecule has 2 nitrogen and oxygen atoms in total. The van der Waals surface area contributed by atoms with Gasteiger partial charge in [-0.05, 0) is 36.8 Å². The fourth-order valence-corrected chi connectivity index (χ4v) is 2.26. The molecule has 2 rings (SSSR count). The molecule has 0 fully saturated rings. The Morgan fingerprint density at radius 1 is 1.11 bits per heavy atom.